The summed E-state index contributed by atoms with van der Waals surface area (Å²) in [5, 5.41) is 9.12. The molecule has 0 amide bonds. The molecular formula is C14H21N3O2. The smallest absolute Gasteiger partial charge is 0.354 e. The van der Waals surface area contributed by atoms with Crippen molar-refractivity contribution >= 4 is 5.97 Å². The van der Waals surface area contributed by atoms with Gasteiger partial charge in [0.2, 0.25) is 0 Å². The van der Waals surface area contributed by atoms with Crippen molar-refractivity contribution in [2.24, 2.45) is 0 Å². The Morgan fingerprint density at radius 1 is 1.47 bits per heavy atom. The number of likely N-dealkylation sites (tertiary alicyclic amines) is 1. The van der Waals surface area contributed by atoms with Gasteiger partial charge in [-0.05, 0) is 51.7 Å². The highest BCUT2D eigenvalue weighted by Gasteiger charge is 2.22. The van der Waals surface area contributed by atoms with E-state index in [-0.39, 0.29) is 5.69 Å². The van der Waals surface area contributed by atoms with Gasteiger partial charge in [0.25, 0.3) is 0 Å². The first-order chi connectivity index (χ1) is 9.08. The monoisotopic (exact) mass is 263 g/mol. The lowest BCUT2D eigenvalue weighted by molar-refractivity contribution is 0.0686. The molecular weight excluding hydrogens is 242 g/mol. The van der Waals surface area contributed by atoms with Gasteiger partial charge in [0.15, 0.2) is 5.69 Å². The van der Waals surface area contributed by atoms with Crippen LogP contribution in [-0.2, 0) is 6.54 Å². The second kappa shape index (κ2) is 6.12. The Balaban J connectivity index is 1.98. The number of hydrogen-bond acceptors (Lipinski definition) is 4. The van der Waals surface area contributed by atoms with E-state index >= 15 is 0 Å². The molecule has 1 saturated heterocycles. The van der Waals surface area contributed by atoms with Crippen molar-refractivity contribution in [3.8, 4) is 0 Å². The van der Waals surface area contributed by atoms with Crippen LogP contribution in [0.5, 0.6) is 0 Å². The van der Waals surface area contributed by atoms with Gasteiger partial charge in [-0.15, -0.1) is 0 Å². The zero-order valence-corrected chi connectivity index (χ0v) is 11.5. The largest absolute Gasteiger partial charge is 0.477 e. The third kappa shape index (κ3) is 3.52. The molecule has 0 saturated carbocycles. The van der Waals surface area contributed by atoms with Crippen molar-refractivity contribution in [2.45, 2.75) is 25.4 Å². The quantitative estimate of drug-likeness (QED) is 0.887. The van der Waals surface area contributed by atoms with Crippen LogP contribution in [0.3, 0.4) is 0 Å². The Morgan fingerprint density at radius 2 is 2.16 bits per heavy atom. The summed E-state index contributed by atoms with van der Waals surface area (Å²) in [5.41, 5.74) is 0.982. The number of rotatable bonds is 4. The Morgan fingerprint density at radius 3 is 2.74 bits per heavy atom. The Kier molecular flexibility index (Phi) is 4.50. The van der Waals surface area contributed by atoms with Gasteiger partial charge in [0, 0.05) is 18.8 Å². The summed E-state index contributed by atoms with van der Waals surface area (Å²) < 4.78 is 0. The molecule has 2 heterocycles. The zero-order valence-electron chi connectivity index (χ0n) is 11.5. The second-order valence-corrected chi connectivity index (χ2v) is 5.29. The molecule has 5 nitrogen and oxygen atoms in total. The Hall–Kier alpha value is -1.46. The third-order valence-corrected chi connectivity index (χ3v) is 3.78. The first-order valence-corrected chi connectivity index (χ1v) is 6.64. The van der Waals surface area contributed by atoms with Gasteiger partial charge in [0.1, 0.15) is 0 Å². The summed E-state index contributed by atoms with van der Waals surface area (Å²) in [6.07, 6.45) is 3.80. The molecule has 1 aliphatic heterocycles. The molecule has 5 heteroatoms. The van der Waals surface area contributed by atoms with Gasteiger partial charge in [-0.25, -0.2) is 9.78 Å². The molecule has 19 heavy (non-hydrogen) atoms. The van der Waals surface area contributed by atoms with Crippen LogP contribution in [0.25, 0.3) is 0 Å². The molecule has 0 bridgehead atoms. The van der Waals surface area contributed by atoms with Crippen LogP contribution in [0.2, 0.25) is 0 Å². The number of carboxylic acids is 1. The Labute approximate surface area is 113 Å². The first-order valence-electron chi connectivity index (χ1n) is 6.64. The van der Waals surface area contributed by atoms with Crippen LogP contribution >= 0.6 is 0 Å². The number of aromatic nitrogens is 1. The zero-order chi connectivity index (χ0) is 13.8. The van der Waals surface area contributed by atoms with Crippen LogP contribution in [0.1, 0.15) is 28.9 Å². The summed E-state index contributed by atoms with van der Waals surface area (Å²) in [6.45, 7) is 2.70. The fourth-order valence-corrected chi connectivity index (χ4v) is 2.59. The van der Waals surface area contributed by atoms with E-state index in [1.807, 2.05) is 6.07 Å². The average molecular weight is 263 g/mol. The van der Waals surface area contributed by atoms with Gasteiger partial charge in [-0.1, -0.05) is 6.07 Å². The fourth-order valence-electron chi connectivity index (χ4n) is 2.59. The normalized spacial score (nSPS) is 17.8. The molecule has 0 unspecified atom stereocenters. The van der Waals surface area contributed by atoms with Crippen LogP contribution in [0.4, 0.5) is 0 Å². The van der Waals surface area contributed by atoms with Gasteiger partial charge in [0.05, 0.1) is 0 Å². The van der Waals surface area contributed by atoms with E-state index in [1.165, 1.54) is 6.20 Å². The molecule has 0 radical (unpaired) electrons. The van der Waals surface area contributed by atoms with E-state index in [4.69, 9.17) is 5.11 Å². The maximum atomic E-state index is 11.1. The van der Waals surface area contributed by atoms with E-state index in [2.05, 4.69) is 28.9 Å². The van der Waals surface area contributed by atoms with Crippen molar-refractivity contribution in [3.63, 3.8) is 0 Å². The standard InChI is InChI=1S/C14H21N3O2/c1-16(2)12-5-8-17(9-6-12)10-11-4-3-7-15-13(11)14(18)19/h3-4,7,12H,5-6,8-10H2,1-2H3,(H,18,19). The molecule has 1 aromatic rings. The predicted octanol–water partition coefficient (Wildman–Crippen LogP) is 1.31. The highest BCUT2D eigenvalue weighted by Crippen LogP contribution is 2.17. The average Bonchev–Trinajstić information content (AvgIpc) is 2.39. The number of pyridine rings is 1. The van der Waals surface area contributed by atoms with Gasteiger partial charge in [-0.2, -0.15) is 0 Å². The van der Waals surface area contributed by atoms with Gasteiger partial charge in [-0.3, -0.25) is 4.90 Å². The number of carbonyl (C=O) groups is 1. The minimum Gasteiger partial charge on any atom is -0.477 e. The summed E-state index contributed by atoms with van der Waals surface area (Å²) >= 11 is 0. The molecule has 0 aliphatic carbocycles. The molecule has 0 atom stereocenters. The first kappa shape index (κ1) is 14.0. The van der Waals surface area contributed by atoms with Crippen LogP contribution < -0.4 is 0 Å². The number of aromatic carboxylic acids is 1. The maximum absolute atomic E-state index is 11.1. The maximum Gasteiger partial charge on any atom is 0.354 e. The molecule has 104 valence electrons. The lowest BCUT2D eigenvalue weighted by Gasteiger charge is -2.35. The van der Waals surface area contributed by atoms with E-state index in [0.717, 1.165) is 31.5 Å². The SMILES string of the molecule is CN(C)C1CCN(Cc2cccnc2C(=O)O)CC1. The third-order valence-electron chi connectivity index (χ3n) is 3.78. The minimum absolute atomic E-state index is 0.178. The minimum atomic E-state index is -0.946. The Bertz CT molecular complexity index is 440. The summed E-state index contributed by atoms with van der Waals surface area (Å²) in [6, 6.07) is 4.30. The highest BCUT2D eigenvalue weighted by atomic mass is 16.4. The van der Waals surface area contributed by atoms with Crippen molar-refractivity contribution in [1.82, 2.24) is 14.8 Å². The second-order valence-electron chi connectivity index (χ2n) is 5.29. The number of hydrogen-bond donors (Lipinski definition) is 1. The van der Waals surface area contributed by atoms with Crippen LogP contribution in [0.15, 0.2) is 18.3 Å². The van der Waals surface area contributed by atoms with E-state index in [1.54, 1.807) is 6.07 Å². The molecule has 1 fully saturated rings. The molecule has 1 N–H and O–H groups in total. The number of piperidine rings is 1. The summed E-state index contributed by atoms with van der Waals surface area (Å²) in [7, 11) is 4.23. The van der Waals surface area contributed by atoms with Crippen molar-refractivity contribution < 1.29 is 9.90 Å². The van der Waals surface area contributed by atoms with E-state index in [0.29, 0.717) is 12.6 Å². The number of nitrogens with zero attached hydrogens (tertiary/aromatic N) is 3. The lowest BCUT2D eigenvalue weighted by atomic mass is 10.0. The van der Waals surface area contributed by atoms with E-state index in [9.17, 15) is 4.79 Å². The molecule has 2 rings (SSSR count). The molecule has 0 spiro atoms. The summed E-state index contributed by atoms with van der Waals surface area (Å²) in [4.78, 5) is 19.6. The topological polar surface area (TPSA) is 56.7 Å². The fraction of sp³-hybridized carbons (Fsp3) is 0.571. The van der Waals surface area contributed by atoms with E-state index < -0.39 is 5.97 Å². The lowest BCUT2D eigenvalue weighted by Crippen LogP contribution is -2.41. The number of carboxylic acid groups (broad SMARTS) is 1. The van der Waals surface area contributed by atoms with Gasteiger partial charge >= 0.3 is 5.97 Å². The van der Waals surface area contributed by atoms with Crippen molar-refractivity contribution in [3.05, 3.63) is 29.6 Å². The van der Waals surface area contributed by atoms with Crippen molar-refractivity contribution in [1.29, 1.82) is 0 Å². The van der Waals surface area contributed by atoms with Crippen molar-refractivity contribution in [2.75, 3.05) is 27.2 Å². The molecule has 1 aliphatic rings. The summed E-state index contributed by atoms with van der Waals surface area (Å²) in [5.74, 6) is -0.946. The molecule has 1 aromatic heterocycles. The molecule has 0 aromatic carbocycles. The van der Waals surface area contributed by atoms with Gasteiger partial charge < -0.3 is 10.0 Å². The predicted molar refractivity (Wildman–Crippen MR) is 73.2 cm³/mol. The van der Waals surface area contributed by atoms with Crippen LogP contribution in [-0.4, -0.2) is 59.1 Å². The van der Waals surface area contributed by atoms with Crippen LogP contribution in [0, 0.1) is 0 Å². The highest BCUT2D eigenvalue weighted by molar-refractivity contribution is 5.86.